The predicted octanol–water partition coefficient (Wildman–Crippen LogP) is 4.76. The Morgan fingerprint density at radius 2 is 1.58 bits per heavy atom. The molecule has 0 saturated heterocycles. The van der Waals surface area contributed by atoms with Crippen molar-refractivity contribution in [2.24, 2.45) is 0 Å². The van der Waals surface area contributed by atoms with Crippen LogP contribution in [-0.2, 0) is 17.8 Å². The van der Waals surface area contributed by atoms with Gasteiger partial charge >= 0.3 is 0 Å². The lowest BCUT2D eigenvalue weighted by atomic mass is 9.97. The van der Waals surface area contributed by atoms with Crippen molar-refractivity contribution in [2.75, 3.05) is 26.1 Å². The summed E-state index contributed by atoms with van der Waals surface area (Å²) in [5.41, 5.74) is 5.35. The van der Waals surface area contributed by atoms with Crippen LogP contribution in [0.4, 0.5) is 5.69 Å². The van der Waals surface area contributed by atoms with Crippen molar-refractivity contribution in [2.45, 2.75) is 25.9 Å². The molecule has 1 heterocycles. The monoisotopic (exact) mass is 416 g/mol. The molecule has 0 spiro atoms. The fraction of sp³-hybridized carbons (Fsp3) is 0.269. The van der Waals surface area contributed by atoms with Gasteiger partial charge in [-0.05, 0) is 48.2 Å². The minimum Gasteiger partial charge on any atom is -0.493 e. The minimum atomic E-state index is -0.259. The fourth-order valence-electron chi connectivity index (χ4n) is 4.10. The fourth-order valence-corrected chi connectivity index (χ4v) is 4.10. The van der Waals surface area contributed by atoms with E-state index in [0.29, 0.717) is 6.54 Å². The van der Waals surface area contributed by atoms with E-state index >= 15 is 0 Å². The van der Waals surface area contributed by atoms with Gasteiger partial charge in [0.25, 0.3) is 0 Å². The highest BCUT2D eigenvalue weighted by atomic mass is 16.5. The van der Waals surface area contributed by atoms with Crippen LogP contribution in [0.3, 0.4) is 0 Å². The lowest BCUT2D eigenvalue weighted by Crippen LogP contribution is -2.44. The third-order valence-electron chi connectivity index (χ3n) is 5.94. The molecule has 0 aliphatic carbocycles. The standard InChI is InChI=1S/C26H28N2O3/c1-18(28-14-13-20-15-24(30-2)25(31-3)16-21(20)17-28)26(29)27-23-12-8-7-11-22(23)19-9-5-4-6-10-19/h4-12,15-16,18H,13-14,17H2,1-3H3,(H,27,29)/t18-/m0/s1. The molecule has 1 N–H and O–H groups in total. The van der Waals surface area contributed by atoms with Crippen LogP contribution < -0.4 is 14.8 Å². The van der Waals surface area contributed by atoms with E-state index in [2.05, 4.69) is 22.3 Å². The second kappa shape index (κ2) is 9.23. The molecule has 0 fully saturated rings. The topological polar surface area (TPSA) is 50.8 Å². The van der Waals surface area contributed by atoms with Gasteiger partial charge < -0.3 is 14.8 Å². The molecule has 1 atom stereocenters. The van der Waals surface area contributed by atoms with Gasteiger partial charge in [0.05, 0.1) is 20.3 Å². The summed E-state index contributed by atoms with van der Waals surface area (Å²) in [6.45, 7) is 3.48. The predicted molar refractivity (Wildman–Crippen MR) is 124 cm³/mol. The lowest BCUT2D eigenvalue weighted by Gasteiger charge is -2.33. The summed E-state index contributed by atoms with van der Waals surface area (Å²) in [7, 11) is 3.30. The summed E-state index contributed by atoms with van der Waals surface area (Å²) in [4.78, 5) is 15.3. The van der Waals surface area contributed by atoms with E-state index in [1.807, 2.05) is 61.5 Å². The van der Waals surface area contributed by atoms with E-state index in [4.69, 9.17) is 9.47 Å². The maximum absolute atomic E-state index is 13.1. The Hall–Kier alpha value is -3.31. The summed E-state index contributed by atoms with van der Waals surface area (Å²) in [6, 6.07) is 21.8. The van der Waals surface area contributed by atoms with E-state index < -0.39 is 0 Å². The summed E-state index contributed by atoms with van der Waals surface area (Å²) in [5, 5.41) is 3.15. The third-order valence-corrected chi connectivity index (χ3v) is 5.94. The van der Waals surface area contributed by atoms with Crippen LogP contribution in [0.5, 0.6) is 11.5 Å². The first kappa shape index (κ1) is 20.9. The molecule has 0 unspecified atom stereocenters. The van der Waals surface area contributed by atoms with E-state index in [9.17, 15) is 4.79 Å². The van der Waals surface area contributed by atoms with Gasteiger partial charge in [0.1, 0.15) is 0 Å². The molecule has 1 amide bonds. The zero-order chi connectivity index (χ0) is 21.8. The minimum absolute atomic E-state index is 0.00712. The average Bonchev–Trinajstić information content (AvgIpc) is 2.83. The molecule has 0 radical (unpaired) electrons. The summed E-state index contributed by atoms with van der Waals surface area (Å²) < 4.78 is 10.9. The zero-order valence-electron chi connectivity index (χ0n) is 18.2. The maximum Gasteiger partial charge on any atom is 0.241 e. The van der Waals surface area contributed by atoms with Crippen molar-refractivity contribution in [3.05, 3.63) is 77.9 Å². The second-order valence-electron chi connectivity index (χ2n) is 7.77. The number of rotatable bonds is 6. The molecule has 0 bridgehead atoms. The first-order chi connectivity index (χ1) is 15.1. The van der Waals surface area contributed by atoms with E-state index in [1.54, 1.807) is 14.2 Å². The Morgan fingerprint density at radius 3 is 2.29 bits per heavy atom. The molecule has 1 aliphatic rings. The molecule has 3 aromatic rings. The van der Waals surface area contributed by atoms with Gasteiger partial charge in [-0.3, -0.25) is 9.69 Å². The number of ether oxygens (including phenoxy) is 2. The molecular formula is C26H28N2O3. The lowest BCUT2D eigenvalue weighted by molar-refractivity contribution is -0.121. The Labute approximate surface area is 183 Å². The number of amides is 1. The highest BCUT2D eigenvalue weighted by Gasteiger charge is 2.27. The SMILES string of the molecule is COc1cc2c(cc1OC)CN([C@@H](C)C(=O)Nc1ccccc1-c1ccccc1)CC2. The van der Waals surface area contributed by atoms with E-state index in [1.165, 1.54) is 11.1 Å². The quantitative estimate of drug-likeness (QED) is 0.630. The highest BCUT2D eigenvalue weighted by Crippen LogP contribution is 2.34. The van der Waals surface area contributed by atoms with Crippen molar-refractivity contribution < 1.29 is 14.3 Å². The van der Waals surface area contributed by atoms with Crippen LogP contribution in [0.25, 0.3) is 11.1 Å². The molecule has 3 aromatic carbocycles. The maximum atomic E-state index is 13.1. The number of carbonyl (C=O) groups excluding carboxylic acids is 1. The molecule has 5 heteroatoms. The van der Waals surface area contributed by atoms with Crippen LogP contribution in [0, 0.1) is 0 Å². The molecule has 0 aromatic heterocycles. The number of hydrogen-bond acceptors (Lipinski definition) is 4. The molecule has 5 nitrogen and oxygen atoms in total. The smallest absolute Gasteiger partial charge is 0.241 e. The van der Waals surface area contributed by atoms with Crippen LogP contribution in [0.15, 0.2) is 66.7 Å². The largest absolute Gasteiger partial charge is 0.493 e. The van der Waals surface area contributed by atoms with Gasteiger partial charge in [-0.15, -0.1) is 0 Å². The Bertz CT molecular complexity index is 1070. The summed E-state index contributed by atoms with van der Waals surface area (Å²) >= 11 is 0. The Kier molecular flexibility index (Phi) is 6.23. The van der Waals surface area contributed by atoms with Gasteiger partial charge in [-0.25, -0.2) is 0 Å². The third kappa shape index (κ3) is 4.42. The molecule has 4 rings (SSSR count). The van der Waals surface area contributed by atoms with Crippen molar-refractivity contribution in [3.8, 4) is 22.6 Å². The van der Waals surface area contributed by atoms with Crippen molar-refractivity contribution in [3.63, 3.8) is 0 Å². The molecule has 31 heavy (non-hydrogen) atoms. The average molecular weight is 417 g/mol. The van der Waals surface area contributed by atoms with Gasteiger partial charge in [0.15, 0.2) is 11.5 Å². The first-order valence-corrected chi connectivity index (χ1v) is 10.5. The number of anilines is 1. The van der Waals surface area contributed by atoms with Crippen molar-refractivity contribution >= 4 is 11.6 Å². The van der Waals surface area contributed by atoms with E-state index in [-0.39, 0.29) is 11.9 Å². The van der Waals surface area contributed by atoms with Gasteiger partial charge in [-0.1, -0.05) is 48.5 Å². The van der Waals surface area contributed by atoms with E-state index in [0.717, 1.165) is 41.3 Å². The number of benzene rings is 3. The number of carbonyl (C=O) groups is 1. The number of methoxy groups -OCH3 is 2. The number of nitrogens with zero attached hydrogens (tertiary/aromatic N) is 1. The second-order valence-corrected chi connectivity index (χ2v) is 7.77. The summed E-state index contributed by atoms with van der Waals surface area (Å²) in [6.07, 6.45) is 0.869. The molecular weight excluding hydrogens is 388 g/mol. The normalized spacial score (nSPS) is 14.4. The highest BCUT2D eigenvalue weighted by molar-refractivity contribution is 5.98. The van der Waals surface area contributed by atoms with Crippen molar-refractivity contribution in [1.29, 1.82) is 0 Å². The van der Waals surface area contributed by atoms with Crippen molar-refractivity contribution in [1.82, 2.24) is 4.90 Å². The number of fused-ring (bicyclic) bond motifs is 1. The first-order valence-electron chi connectivity index (χ1n) is 10.5. The van der Waals surface area contributed by atoms with Crippen LogP contribution >= 0.6 is 0 Å². The number of nitrogens with one attached hydrogen (secondary N) is 1. The van der Waals surface area contributed by atoms with Gasteiger partial charge in [0.2, 0.25) is 5.91 Å². The zero-order valence-corrected chi connectivity index (χ0v) is 18.2. The van der Waals surface area contributed by atoms with Gasteiger partial charge in [0, 0.05) is 24.3 Å². The van der Waals surface area contributed by atoms with Crippen LogP contribution in [0.1, 0.15) is 18.1 Å². The van der Waals surface area contributed by atoms with Gasteiger partial charge in [-0.2, -0.15) is 0 Å². The Morgan fingerprint density at radius 1 is 0.935 bits per heavy atom. The van der Waals surface area contributed by atoms with Crippen LogP contribution in [-0.4, -0.2) is 37.6 Å². The molecule has 160 valence electrons. The van der Waals surface area contributed by atoms with Crippen LogP contribution in [0.2, 0.25) is 0 Å². The molecule has 0 saturated carbocycles. The number of para-hydroxylation sites is 1. The molecule has 1 aliphatic heterocycles. The summed E-state index contributed by atoms with van der Waals surface area (Å²) in [5.74, 6) is 1.46. The number of hydrogen-bond donors (Lipinski definition) is 1. The Balaban J connectivity index is 1.50.